The summed E-state index contributed by atoms with van der Waals surface area (Å²) in [6.45, 7) is 3.90. The topological polar surface area (TPSA) is 37.3 Å². The van der Waals surface area contributed by atoms with Crippen molar-refractivity contribution in [2.45, 2.75) is 32.1 Å². The van der Waals surface area contributed by atoms with Crippen LogP contribution in [0.15, 0.2) is 0 Å². The van der Waals surface area contributed by atoms with Gasteiger partial charge in [0.25, 0.3) is 0 Å². The van der Waals surface area contributed by atoms with Gasteiger partial charge >= 0.3 is 5.97 Å². The molecule has 0 spiro atoms. The van der Waals surface area contributed by atoms with Gasteiger partial charge in [-0.3, -0.25) is 4.79 Å². The van der Waals surface area contributed by atoms with E-state index in [1.807, 2.05) is 13.8 Å². The molecule has 2 nitrogen and oxygen atoms in total. The van der Waals surface area contributed by atoms with Crippen molar-refractivity contribution in [1.82, 2.24) is 0 Å². The van der Waals surface area contributed by atoms with E-state index in [0.29, 0.717) is 0 Å². The molecule has 0 aliphatic carbocycles. The molecule has 0 aromatic rings. The van der Waals surface area contributed by atoms with E-state index in [2.05, 4.69) is 0 Å². The summed E-state index contributed by atoms with van der Waals surface area (Å²) in [6, 6.07) is 0. The van der Waals surface area contributed by atoms with Crippen molar-refractivity contribution < 1.29 is 9.90 Å². The standard InChI is InChI=1S/C7H13ClO2/c1-3-5(4-2)6(8)7(9)10/h5-6H,3-4H2,1-2H3,(H,9,10). The molecular formula is C7H13ClO2. The summed E-state index contributed by atoms with van der Waals surface area (Å²) in [6.07, 6.45) is 1.66. The van der Waals surface area contributed by atoms with E-state index in [1.165, 1.54) is 0 Å². The van der Waals surface area contributed by atoms with Crippen molar-refractivity contribution in [2.24, 2.45) is 5.92 Å². The van der Waals surface area contributed by atoms with E-state index in [1.54, 1.807) is 0 Å². The first-order valence-electron chi connectivity index (χ1n) is 3.50. The van der Waals surface area contributed by atoms with Crippen LogP contribution in [0.5, 0.6) is 0 Å². The molecule has 60 valence electrons. The molecule has 1 N–H and O–H groups in total. The summed E-state index contributed by atoms with van der Waals surface area (Å²) in [5, 5.41) is 7.77. The minimum atomic E-state index is -0.907. The van der Waals surface area contributed by atoms with Gasteiger partial charge in [-0.2, -0.15) is 0 Å². The lowest BCUT2D eigenvalue weighted by atomic mass is 9.99. The molecule has 0 saturated heterocycles. The summed E-state index contributed by atoms with van der Waals surface area (Å²) < 4.78 is 0. The molecule has 10 heavy (non-hydrogen) atoms. The van der Waals surface area contributed by atoms with Crippen molar-refractivity contribution in [1.29, 1.82) is 0 Å². The predicted octanol–water partition coefficient (Wildman–Crippen LogP) is 2.11. The molecule has 0 aliphatic rings. The molecule has 3 heteroatoms. The van der Waals surface area contributed by atoms with Gasteiger partial charge in [0.15, 0.2) is 0 Å². The van der Waals surface area contributed by atoms with E-state index in [-0.39, 0.29) is 5.92 Å². The first kappa shape index (κ1) is 9.76. The minimum absolute atomic E-state index is 0.110. The van der Waals surface area contributed by atoms with Crippen molar-refractivity contribution in [3.8, 4) is 0 Å². The monoisotopic (exact) mass is 164 g/mol. The fraction of sp³-hybridized carbons (Fsp3) is 0.857. The van der Waals surface area contributed by atoms with Gasteiger partial charge in [0.2, 0.25) is 0 Å². The molecule has 0 radical (unpaired) electrons. The Labute approximate surface area is 66.2 Å². The SMILES string of the molecule is CCC(CC)C(Cl)C(=O)O. The second-order valence-corrected chi connectivity index (χ2v) is 2.79. The molecule has 0 amide bonds. The van der Waals surface area contributed by atoms with Gasteiger partial charge in [0, 0.05) is 0 Å². The molecule has 0 rings (SSSR count). The third-order valence-electron chi connectivity index (χ3n) is 1.70. The van der Waals surface area contributed by atoms with Crippen molar-refractivity contribution in [2.75, 3.05) is 0 Å². The normalized spacial score (nSPS) is 13.6. The van der Waals surface area contributed by atoms with Crippen LogP contribution in [-0.4, -0.2) is 16.5 Å². The molecule has 0 aromatic carbocycles. The lowest BCUT2D eigenvalue weighted by Crippen LogP contribution is -2.22. The lowest BCUT2D eigenvalue weighted by Gasteiger charge is -2.13. The second-order valence-electron chi connectivity index (χ2n) is 2.32. The largest absolute Gasteiger partial charge is 0.480 e. The van der Waals surface area contributed by atoms with E-state index in [4.69, 9.17) is 16.7 Å². The van der Waals surface area contributed by atoms with Gasteiger partial charge in [-0.25, -0.2) is 0 Å². The highest BCUT2D eigenvalue weighted by atomic mass is 35.5. The van der Waals surface area contributed by atoms with Crippen LogP contribution in [-0.2, 0) is 4.79 Å². The molecule has 0 fully saturated rings. The molecule has 1 atom stereocenters. The molecule has 1 unspecified atom stereocenters. The average Bonchev–Trinajstić information content (AvgIpc) is 1.90. The first-order valence-corrected chi connectivity index (χ1v) is 3.94. The van der Waals surface area contributed by atoms with Crippen LogP contribution in [0.1, 0.15) is 26.7 Å². The van der Waals surface area contributed by atoms with E-state index < -0.39 is 11.3 Å². The van der Waals surface area contributed by atoms with Crippen LogP contribution < -0.4 is 0 Å². The van der Waals surface area contributed by atoms with Gasteiger partial charge in [-0.05, 0) is 5.92 Å². The van der Waals surface area contributed by atoms with Crippen LogP contribution >= 0.6 is 11.6 Å². The van der Waals surface area contributed by atoms with Gasteiger partial charge < -0.3 is 5.11 Å². The number of hydrogen-bond donors (Lipinski definition) is 1. The molecule has 0 bridgehead atoms. The Morgan fingerprint density at radius 1 is 1.50 bits per heavy atom. The Bertz CT molecular complexity index is 110. The number of hydrogen-bond acceptors (Lipinski definition) is 1. The van der Waals surface area contributed by atoms with Gasteiger partial charge in [0.05, 0.1) is 0 Å². The highest BCUT2D eigenvalue weighted by Crippen LogP contribution is 2.18. The maximum Gasteiger partial charge on any atom is 0.321 e. The second kappa shape index (κ2) is 4.56. The molecule has 0 saturated carbocycles. The Balaban J connectivity index is 3.88. The van der Waals surface area contributed by atoms with Gasteiger partial charge in [-0.1, -0.05) is 26.7 Å². The summed E-state index contributed by atoms with van der Waals surface area (Å²) in [7, 11) is 0. The van der Waals surface area contributed by atoms with E-state index >= 15 is 0 Å². The molecular weight excluding hydrogens is 152 g/mol. The number of alkyl halides is 1. The van der Waals surface area contributed by atoms with Crippen LogP contribution in [0.25, 0.3) is 0 Å². The van der Waals surface area contributed by atoms with Gasteiger partial charge in [-0.15, -0.1) is 11.6 Å². The Kier molecular flexibility index (Phi) is 4.45. The van der Waals surface area contributed by atoms with E-state index in [9.17, 15) is 4.79 Å². The summed E-state index contributed by atoms with van der Waals surface area (Å²) in [4.78, 5) is 10.3. The number of rotatable bonds is 4. The highest BCUT2D eigenvalue weighted by Gasteiger charge is 2.22. The molecule has 0 heterocycles. The number of carboxylic acids is 1. The molecule has 0 aromatic heterocycles. The molecule has 0 aliphatic heterocycles. The van der Waals surface area contributed by atoms with Crippen LogP contribution in [0.3, 0.4) is 0 Å². The average molecular weight is 165 g/mol. The fourth-order valence-electron chi connectivity index (χ4n) is 0.904. The third-order valence-corrected chi connectivity index (χ3v) is 2.24. The van der Waals surface area contributed by atoms with Crippen LogP contribution in [0, 0.1) is 5.92 Å². The van der Waals surface area contributed by atoms with Crippen LogP contribution in [0.4, 0.5) is 0 Å². The first-order chi connectivity index (χ1) is 4.63. The van der Waals surface area contributed by atoms with Crippen molar-refractivity contribution in [3.05, 3.63) is 0 Å². The smallest absolute Gasteiger partial charge is 0.321 e. The van der Waals surface area contributed by atoms with Crippen molar-refractivity contribution in [3.63, 3.8) is 0 Å². The van der Waals surface area contributed by atoms with Gasteiger partial charge in [0.1, 0.15) is 5.38 Å². The Morgan fingerprint density at radius 2 is 1.90 bits per heavy atom. The quantitative estimate of drug-likeness (QED) is 0.647. The zero-order chi connectivity index (χ0) is 8.15. The lowest BCUT2D eigenvalue weighted by molar-refractivity contribution is -0.137. The zero-order valence-corrected chi connectivity index (χ0v) is 7.06. The number of carbonyl (C=O) groups is 1. The van der Waals surface area contributed by atoms with Crippen LogP contribution in [0.2, 0.25) is 0 Å². The highest BCUT2D eigenvalue weighted by molar-refractivity contribution is 6.29. The van der Waals surface area contributed by atoms with E-state index in [0.717, 1.165) is 12.8 Å². The summed E-state index contributed by atoms with van der Waals surface area (Å²) >= 11 is 5.58. The summed E-state index contributed by atoms with van der Waals surface area (Å²) in [5.41, 5.74) is 0. The maximum absolute atomic E-state index is 10.3. The number of aliphatic carboxylic acids is 1. The zero-order valence-electron chi connectivity index (χ0n) is 6.30. The Morgan fingerprint density at radius 3 is 2.00 bits per heavy atom. The van der Waals surface area contributed by atoms with Crippen molar-refractivity contribution >= 4 is 17.6 Å². The fourth-order valence-corrected chi connectivity index (χ4v) is 1.26. The Hall–Kier alpha value is -0.240. The summed E-state index contributed by atoms with van der Waals surface area (Å²) in [5.74, 6) is -0.797. The third kappa shape index (κ3) is 2.56. The number of halogens is 1. The number of carboxylic acid groups (broad SMARTS) is 1. The minimum Gasteiger partial charge on any atom is -0.480 e. The maximum atomic E-state index is 10.3. The predicted molar refractivity (Wildman–Crippen MR) is 41.3 cm³/mol.